The number of rotatable bonds is 3. The van der Waals surface area contributed by atoms with E-state index in [1.54, 1.807) is 26.4 Å². The lowest BCUT2D eigenvalue weighted by Crippen LogP contribution is -2.36. The molecule has 1 heterocycles. The summed E-state index contributed by atoms with van der Waals surface area (Å²) in [6.07, 6.45) is 0.289. The lowest BCUT2D eigenvalue weighted by atomic mass is 9.89. The third kappa shape index (κ3) is 2.96. The van der Waals surface area contributed by atoms with Crippen molar-refractivity contribution >= 4 is 29.1 Å². The van der Waals surface area contributed by atoms with Gasteiger partial charge in [0.15, 0.2) is 11.5 Å². The molecule has 1 N–H and O–H groups in total. The number of hydrogen-bond donors (Lipinski definition) is 1. The number of carbonyl (C=O) groups is 1. The molecular formula is C17H15Cl2NO3. The molecule has 2 aromatic rings. The first-order chi connectivity index (χ1) is 11.0. The van der Waals surface area contributed by atoms with Gasteiger partial charge in [-0.1, -0.05) is 29.3 Å². The Hall–Kier alpha value is -1.91. The van der Waals surface area contributed by atoms with Crippen LogP contribution in [0.4, 0.5) is 0 Å². The van der Waals surface area contributed by atoms with Crippen molar-refractivity contribution in [3.8, 4) is 11.5 Å². The number of carbonyl (C=O) groups excluding carboxylic acids is 1. The molecule has 3 rings (SSSR count). The van der Waals surface area contributed by atoms with Gasteiger partial charge in [-0.05, 0) is 41.0 Å². The number of fused-ring (bicyclic) bond motifs is 1. The largest absolute Gasteiger partial charge is 0.493 e. The van der Waals surface area contributed by atoms with Crippen molar-refractivity contribution in [2.45, 2.75) is 12.5 Å². The molecule has 0 fully saturated rings. The summed E-state index contributed by atoms with van der Waals surface area (Å²) in [6, 6.07) is 8.61. The highest BCUT2D eigenvalue weighted by molar-refractivity contribution is 6.35. The van der Waals surface area contributed by atoms with Crippen LogP contribution < -0.4 is 14.8 Å². The second-order valence-corrected chi connectivity index (χ2v) is 6.09. The van der Waals surface area contributed by atoms with Crippen molar-refractivity contribution in [2.75, 3.05) is 14.2 Å². The average molecular weight is 352 g/mol. The number of ether oxygens (including phenoxy) is 2. The predicted molar refractivity (Wildman–Crippen MR) is 89.7 cm³/mol. The van der Waals surface area contributed by atoms with Crippen LogP contribution in [-0.4, -0.2) is 20.1 Å². The fraction of sp³-hybridized carbons (Fsp3) is 0.235. The van der Waals surface area contributed by atoms with E-state index in [0.29, 0.717) is 21.5 Å². The second kappa shape index (κ2) is 6.30. The summed E-state index contributed by atoms with van der Waals surface area (Å²) in [5, 5.41) is 4.03. The van der Waals surface area contributed by atoms with Crippen molar-refractivity contribution in [3.63, 3.8) is 0 Å². The summed E-state index contributed by atoms with van der Waals surface area (Å²) in [7, 11) is 3.15. The van der Waals surface area contributed by atoms with Crippen LogP contribution in [-0.2, 0) is 11.2 Å². The van der Waals surface area contributed by atoms with Crippen LogP contribution in [0.5, 0.6) is 11.5 Å². The normalized spacial score (nSPS) is 16.5. The molecule has 2 aromatic carbocycles. The third-order valence-electron chi connectivity index (χ3n) is 3.89. The van der Waals surface area contributed by atoms with E-state index >= 15 is 0 Å². The molecule has 0 saturated heterocycles. The highest BCUT2D eigenvalue weighted by Crippen LogP contribution is 2.39. The van der Waals surface area contributed by atoms with Gasteiger partial charge in [0.25, 0.3) is 0 Å². The van der Waals surface area contributed by atoms with Gasteiger partial charge in [-0.25, -0.2) is 0 Å². The minimum absolute atomic E-state index is 0.0688. The van der Waals surface area contributed by atoms with Crippen molar-refractivity contribution in [1.82, 2.24) is 5.32 Å². The SMILES string of the molecule is COc1cc2c(cc1OC)C(c1ccc(Cl)cc1Cl)NC(=O)C2. The highest BCUT2D eigenvalue weighted by Gasteiger charge is 2.29. The van der Waals surface area contributed by atoms with Gasteiger partial charge >= 0.3 is 0 Å². The van der Waals surface area contributed by atoms with Gasteiger partial charge < -0.3 is 14.8 Å². The summed E-state index contributed by atoms with van der Waals surface area (Å²) in [5.74, 6) is 1.14. The van der Waals surface area contributed by atoms with Crippen LogP contribution in [0.2, 0.25) is 10.0 Å². The van der Waals surface area contributed by atoms with E-state index in [9.17, 15) is 4.79 Å². The third-order valence-corrected chi connectivity index (χ3v) is 4.45. The van der Waals surface area contributed by atoms with Crippen molar-refractivity contribution in [2.24, 2.45) is 0 Å². The van der Waals surface area contributed by atoms with Gasteiger partial charge in [-0.3, -0.25) is 4.79 Å². The molecule has 6 heteroatoms. The maximum absolute atomic E-state index is 12.1. The Labute approximate surface area is 144 Å². The summed E-state index contributed by atoms with van der Waals surface area (Å²) in [4.78, 5) is 12.1. The molecule has 0 aromatic heterocycles. The quantitative estimate of drug-likeness (QED) is 0.915. The molecule has 23 heavy (non-hydrogen) atoms. The number of amides is 1. The van der Waals surface area contributed by atoms with Crippen LogP contribution in [0, 0.1) is 0 Å². The van der Waals surface area contributed by atoms with Gasteiger partial charge in [-0.15, -0.1) is 0 Å². The van der Waals surface area contributed by atoms with Crippen LogP contribution in [0.15, 0.2) is 30.3 Å². The zero-order valence-corrected chi connectivity index (χ0v) is 14.2. The summed E-state index contributed by atoms with van der Waals surface area (Å²) in [6.45, 7) is 0. The number of methoxy groups -OCH3 is 2. The smallest absolute Gasteiger partial charge is 0.225 e. The van der Waals surface area contributed by atoms with Crippen molar-refractivity contribution in [3.05, 3.63) is 57.1 Å². The first-order valence-corrected chi connectivity index (χ1v) is 7.78. The predicted octanol–water partition coefficient (Wildman–Crippen LogP) is 3.77. The van der Waals surface area contributed by atoms with Gasteiger partial charge in [-0.2, -0.15) is 0 Å². The van der Waals surface area contributed by atoms with Crippen molar-refractivity contribution in [1.29, 1.82) is 0 Å². The molecule has 1 atom stereocenters. The molecule has 0 spiro atoms. The molecule has 1 unspecified atom stereocenters. The maximum Gasteiger partial charge on any atom is 0.225 e. The first kappa shape index (κ1) is 16.0. The lowest BCUT2D eigenvalue weighted by Gasteiger charge is -2.28. The van der Waals surface area contributed by atoms with Crippen LogP contribution in [0.1, 0.15) is 22.7 Å². The molecule has 0 saturated carbocycles. The van der Waals surface area contributed by atoms with E-state index in [1.165, 1.54) is 0 Å². The number of benzene rings is 2. The minimum atomic E-state index is -0.351. The van der Waals surface area contributed by atoms with E-state index in [-0.39, 0.29) is 18.4 Å². The molecule has 120 valence electrons. The number of halogens is 2. The lowest BCUT2D eigenvalue weighted by molar-refractivity contribution is -0.121. The molecular weight excluding hydrogens is 337 g/mol. The Balaban J connectivity index is 2.16. The van der Waals surface area contributed by atoms with Crippen LogP contribution in [0.3, 0.4) is 0 Å². The zero-order chi connectivity index (χ0) is 16.6. The fourth-order valence-electron chi connectivity index (χ4n) is 2.80. The molecule has 1 aliphatic rings. The van der Waals surface area contributed by atoms with Gasteiger partial charge in [0.05, 0.1) is 26.7 Å². The molecule has 0 aliphatic carbocycles. The molecule has 1 amide bonds. The van der Waals surface area contributed by atoms with Gasteiger partial charge in [0.1, 0.15) is 0 Å². The molecule has 4 nitrogen and oxygen atoms in total. The number of nitrogens with one attached hydrogen (secondary N) is 1. The van der Waals surface area contributed by atoms with E-state index in [2.05, 4.69) is 5.32 Å². The van der Waals surface area contributed by atoms with E-state index < -0.39 is 0 Å². The van der Waals surface area contributed by atoms with Crippen LogP contribution in [0.25, 0.3) is 0 Å². The summed E-state index contributed by atoms with van der Waals surface area (Å²) >= 11 is 12.3. The molecule has 0 bridgehead atoms. The Kier molecular flexibility index (Phi) is 4.37. The minimum Gasteiger partial charge on any atom is -0.493 e. The Morgan fingerprint density at radius 1 is 1.04 bits per heavy atom. The summed E-state index contributed by atoms with van der Waals surface area (Å²) < 4.78 is 10.7. The Bertz CT molecular complexity index is 777. The average Bonchev–Trinajstić information content (AvgIpc) is 2.53. The fourth-order valence-corrected chi connectivity index (χ4v) is 3.32. The maximum atomic E-state index is 12.1. The van der Waals surface area contributed by atoms with Gasteiger partial charge in [0, 0.05) is 10.0 Å². The topological polar surface area (TPSA) is 47.6 Å². The first-order valence-electron chi connectivity index (χ1n) is 7.02. The standard InChI is InChI=1S/C17H15Cl2NO3/c1-22-14-5-9-6-16(21)20-17(12(9)8-15(14)23-2)11-4-3-10(18)7-13(11)19/h3-5,7-8,17H,6H2,1-2H3,(H,20,21). The van der Waals surface area contributed by atoms with E-state index in [0.717, 1.165) is 16.7 Å². The monoisotopic (exact) mass is 351 g/mol. The highest BCUT2D eigenvalue weighted by atomic mass is 35.5. The van der Waals surface area contributed by atoms with Gasteiger partial charge in [0.2, 0.25) is 5.91 Å². The summed E-state index contributed by atoms with van der Waals surface area (Å²) in [5.41, 5.74) is 2.62. The molecule has 0 radical (unpaired) electrons. The van der Waals surface area contributed by atoms with Crippen molar-refractivity contribution < 1.29 is 14.3 Å². The second-order valence-electron chi connectivity index (χ2n) is 5.25. The Morgan fingerprint density at radius 3 is 2.39 bits per heavy atom. The van der Waals surface area contributed by atoms with E-state index in [1.807, 2.05) is 18.2 Å². The van der Waals surface area contributed by atoms with E-state index in [4.69, 9.17) is 32.7 Å². The molecule has 1 aliphatic heterocycles. The Morgan fingerprint density at radius 2 is 1.74 bits per heavy atom. The zero-order valence-electron chi connectivity index (χ0n) is 12.7. The number of hydrogen-bond acceptors (Lipinski definition) is 3. The van der Waals surface area contributed by atoms with Crippen LogP contribution >= 0.6 is 23.2 Å².